The van der Waals surface area contributed by atoms with Crippen LogP contribution >= 0.6 is 0 Å². The number of benzene rings is 2. The van der Waals surface area contributed by atoms with Crippen LogP contribution in [0.4, 0.5) is 0 Å². The van der Waals surface area contributed by atoms with Crippen LogP contribution in [-0.4, -0.2) is 25.7 Å². The van der Waals surface area contributed by atoms with Crippen molar-refractivity contribution >= 4 is 27.4 Å². The molecular formula is C27H30N2O3S. The van der Waals surface area contributed by atoms with Gasteiger partial charge in [0.25, 0.3) is 10.0 Å². The van der Waals surface area contributed by atoms with Gasteiger partial charge in [0.15, 0.2) is 11.6 Å². The largest absolute Gasteiger partial charge is 0.289 e. The Hall–Kier alpha value is -3.12. The van der Waals surface area contributed by atoms with E-state index in [0.29, 0.717) is 22.4 Å². The molecular weight excluding hydrogens is 432 g/mol. The third-order valence-corrected chi connectivity index (χ3v) is 6.49. The number of sulfonamides is 1. The molecule has 2 aromatic carbocycles. The second-order valence-corrected chi connectivity index (χ2v) is 11.7. The molecule has 0 heterocycles. The van der Waals surface area contributed by atoms with Gasteiger partial charge in [0.05, 0.1) is 10.6 Å². The maximum atomic E-state index is 13.2. The highest BCUT2D eigenvalue weighted by Crippen LogP contribution is 2.37. The molecule has 0 bridgehead atoms. The van der Waals surface area contributed by atoms with Crippen molar-refractivity contribution in [3.63, 3.8) is 0 Å². The van der Waals surface area contributed by atoms with Gasteiger partial charge in [0, 0.05) is 16.7 Å². The van der Waals surface area contributed by atoms with Crippen molar-refractivity contribution in [1.82, 2.24) is 0 Å². The second-order valence-electron chi connectivity index (χ2n) is 10.1. The fraction of sp³-hybridized carbons (Fsp3) is 0.296. The van der Waals surface area contributed by atoms with Gasteiger partial charge in [-0.15, -0.1) is 4.40 Å². The highest BCUT2D eigenvalue weighted by molar-refractivity contribution is 7.90. The number of carbonyl (C=O) groups excluding carboxylic acids is 1. The fourth-order valence-electron chi connectivity index (χ4n) is 3.40. The van der Waals surface area contributed by atoms with E-state index in [2.05, 4.69) is 9.39 Å². The average Bonchev–Trinajstić information content (AvgIpc) is 2.74. The Morgan fingerprint density at radius 1 is 0.727 bits per heavy atom. The first kappa shape index (κ1) is 24.5. The summed E-state index contributed by atoms with van der Waals surface area (Å²) in [4.78, 5) is 18.0. The average molecular weight is 463 g/mol. The molecule has 3 rings (SSSR count). The van der Waals surface area contributed by atoms with E-state index in [-0.39, 0.29) is 16.5 Å². The van der Waals surface area contributed by atoms with E-state index in [4.69, 9.17) is 0 Å². The van der Waals surface area contributed by atoms with Crippen LogP contribution in [0.15, 0.2) is 98.2 Å². The summed E-state index contributed by atoms with van der Waals surface area (Å²) in [5.74, 6) is 0.0573. The van der Waals surface area contributed by atoms with Crippen molar-refractivity contribution in [2.24, 2.45) is 20.2 Å². The van der Waals surface area contributed by atoms with Gasteiger partial charge in [0.2, 0.25) is 0 Å². The van der Waals surface area contributed by atoms with E-state index in [1.54, 1.807) is 54.6 Å². The number of carbonyl (C=O) groups is 1. The highest BCUT2D eigenvalue weighted by Gasteiger charge is 2.34. The lowest BCUT2D eigenvalue weighted by atomic mass is 9.72. The van der Waals surface area contributed by atoms with Crippen LogP contribution in [0, 0.1) is 10.8 Å². The van der Waals surface area contributed by atoms with Crippen molar-refractivity contribution in [3.8, 4) is 0 Å². The number of rotatable bonds is 3. The smallest absolute Gasteiger partial charge is 0.284 e. The third-order valence-electron chi connectivity index (χ3n) is 5.20. The number of ketones is 1. The SMILES string of the molecule is CC(C)(C)C1=CC(=N/C(=N/S(=O)(=O)c2ccccc2)c2ccccc2)C=C(C(C)(C)C)C1=O. The molecule has 1 aliphatic carbocycles. The molecule has 0 unspecified atom stereocenters. The number of nitrogens with zero attached hydrogens (tertiary/aromatic N) is 2. The van der Waals surface area contributed by atoms with E-state index in [1.165, 1.54) is 12.1 Å². The zero-order valence-corrected chi connectivity index (χ0v) is 20.8. The molecule has 0 fully saturated rings. The van der Waals surface area contributed by atoms with Crippen LogP contribution < -0.4 is 0 Å². The zero-order chi connectivity index (χ0) is 24.4. The molecule has 0 amide bonds. The van der Waals surface area contributed by atoms with Gasteiger partial charge in [-0.1, -0.05) is 90.1 Å². The van der Waals surface area contributed by atoms with Crippen LogP contribution in [0.5, 0.6) is 0 Å². The van der Waals surface area contributed by atoms with E-state index in [1.807, 2.05) is 47.6 Å². The normalized spacial score (nSPS) is 15.8. The second kappa shape index (κ2) is 9.02. The maximum Gasteiger partial charge on any atom is 0.284 e. The number of hydrogen-bond acceptors (Lipinski definition) is 3. The summed E-state index contributed by atoms with van der Waals surface area (Å²) in [5, 5.41) is 0. The monoisotopic (exact) mass is 462 g/mol. The van der Waals surface area contributed by atoms with Crippen molar-refractivity contribution in [3.05, 3.63) is 89.5 Å². The van der Waals surface area contributed by atoms with Crippen LogP contribution in [0.1, 0.15) is 47.1 Å². The first-order chi connectivity index (χ1) is 15.3. The molecule has 6 heteroatoms. The summed E-state index contributed by atoms with van der Waals surface area (Å²) in [7, 11) is -3.98. The van der Waals surface area contributed by atoms with Crippen molar-refractivity contribution in [2.75, 3.05) is 0 Å². The Labute approximate surface area is 196 Å². The maximum absolute atomic E-state index is 13.2. The molecule has 0 aliphatic heterocycles. The fourth-order valence-corrected chi connectivity index (χ4v) is 4.38. The molecule has 172 valence electrons. The van der Waals surface area contributed by atoms with Gasteiger partial charge in [-0.25, -0.2) is 4.99 Å². The van der Waals surface area contributed by atoms with Gasteiger partial charge in [-0.3, -0.25) is 4.79 Å². The van der Waals surface area contributed by atoms with Gasteiger partial charge in [0.1, 0.15) is 0 Å². The summed E-state index contributed by atoms with van der Waals surface area (Å²) in [6, 6.07) is 17.0. The Morgan fingerprint density at radius 2 is 1.18 bits per heavy atom. The van der Waals surface area contributed by atoms with Gasteiger partial charge >= 0.3 is 0 Å². The molecule has 0 aromatic heterocycles. The molecule has 2 aromatic rings. The lowest BCUT2D eigenvalue weighted by Crippen LogP contribution is -2.29. The van der Waals surface area contributed by atoms with Gasteiger partial charge in [-0.2, -0.15) is 8.42 Å². The van der Waals surface area contributed by atoms with Gasteiger partial charge in [-0.05, 0) is 35.1 Å². The molecule has 0 radical (unpaired) electrons. The predicted octanol–water partition coefficient (Wildman–Crippen LogP) is 5.79. The number of aliphatic imine (C=N–C) groups is 1. The van der Waals surface area contributed by atoms with Crippen molar-refractivity contribution in [1.29, 1.82) is 0 Å². The summed E-state index contributed by atoms with van der Waals surface area (Å²) >= 11 is 0. The van der Waals surface area contributed by atoms with Crippen LogP contribution in [0.3, 0.4) is 0 Å². The summed E-state index contributed by atoms with van der Waals surface area (Å²) in [6.07, 6.45) is 3.48. The van der Waals surface area contributed by atoms with Crippen molar-refractivity contribution < 1.29 is 13.2 Å². The topological polar surface area (TPSA) is 75.9 Å². The highest BCUT2D eigenvalue weighted by atomic mass is 32.2. The minimum atomic E-state index is -3.98. The Morgan fingerprint density at radius 3 is 1.64 bits per heavy atom. The molecule has 0 spiro atoms. The lowest BCUT2D eigenvalue weighted by Gasteiger charge is -2.31. The van der Waals surface area contributed by atoms with Crippen LogP contribution in [0.2, 0.25) is 0 Å². The molecule has 5 nitrogen and oxygen atoms in total. The van der Waals surface area contributed by atoms with Crippen molar-refractivity contribution in [2.45, 2.75) is 46.4 Å². The summed E-state index contributed by atoms with van der Waals surface area (Å²) in [5.41, 5.74) is 1.53. The minimum absolute atomic E-state index is 0.0101. The summed E-state index contributed by atoms with van der Waals surface area (Å²) < 4.78 is 30.1. The standard InChI is InChI=1S/C27H30N2O3S/c1-26(2,3)22-17-20(18-23(24(22)30)27(4,5)6)28-25(19-13-9-7-10-14-19)29-33(31,32)21-15-11-8-12-16-21/h7-18H,1-6H3/b29-25+. The third kappa shape index (κ3) is 5.82. The zero-order valence-electron chi connectivity index (χ0n) is 20.0. The number of allylic oxidation sites excluding steroid dienone is 4. The lowest BCUT2D eigenvalue weighted by molar-refractivity contribution is -0.114. The van der Waals surface area contributed by atoms with E-state index < -0.39 is 20.9 Å². The molecule has 0 saturated carbocycles. The molecule has 0 saturated heterocycles. The molecule has 33 heavy (non-hydrogen) atoms. The quantitative estimate of drug-likeness (QED) is 0.329. The van der Waals surface area contributed by atoms with E-state index in [0.717, 1.165) is 0 Å². The first-order valence-corrected chi connectivity index (χ1v) is 12.3. The molecule has 0 atom stereocenters. The van der Waals surface area contributed by atoms with Crippen LogP contribution in [0.25, 0.3) is 0 Å². The van der Waals surface area contributed by atoms with Gasteiger partial charge < -0.3 is 0 Å². The number of hydrogen-bond donors (Lipinski definition) is 0. The predicted molar refractivity (Wildman–Crippen MR) is 134 cm³/mol. The van der Waals surface area contributed by atoms with Crippen LogP contribution in [-0.2, 0) is 14.8 Å². The Kier molecular flexibility index (Phi) is 6.70. The van der Waals surface area contributed by atoms with E-state index >= 15 is 0 Å². The van der Waals surface area contributed by atoms with E-state index in [9.17, 15) is 13.2 Å². The minimum Gasteiger partial charge on any atom is -0.289 e. The number of amidine groups is 1. The molecule has 1 aliphatic rings. The number of Topliss-reactive ketones (excluding diaryl/α,β-unsaturated/α-hetero) is 1. The first-order valence-electron chi connectivity index (χ1n) is 10.8. The Balaban J connectivity index is 2.25. The summed E-state index contributed by atoms with van der Waals surface area (Å²) in [6.45, 7) is 11.9. The molecule has 0 N–H and O–H groups in total. The Bertz CT molecular complexity index is 1230.